The number of rotatable bonds is 3. The van der Waals surface area contributed by atoms with Crippen molar-refractivity contribution in [2.45, 2.75) is 16.7 Å². The highest BCUT2D eigenvalue weighted by Crippen LogP contribution is 2.45. The molecule has 0 unspecified atom stereocenters. The molecule has 6 heteroatoms. The number of fused-ring (bicyclic) bond motifs is 3. The summed E-state index contributed by atoms with van der Waals surface area (Å²) < 4.78 is 5.27. The normalized spacial score (nSPS) is 12.1. The summed E-state index contributed by atoms with van der Waals surface area (Å²) in [7, 11) is 0. The minimum Gasteiger partial charge on any atom is -0.462 e. The quantitative estimate of drug-likeness (QED) is 0.313. The predicted molar refractivity (Wildman–Crippen MR) is 122 cm³/mol. The topological polar surface area (TPSA) is 51.2 Å². The van der Waals surface area contributed by atoms with Crippen LogP contribution in [0.2, 0.25) is 5.02 Å². The molecule has 0 saturated heterocycles. The number of nitrogens with one attached hydrogen (secondary N) is 1. The standard InChI is InChI=1S/C24H17ClN2O2S/c1-2-29-24(28)17-13-20(26-18-9-8-15(25)12-16(17)18)14-7-10-23-21(11-14)27-19-5-3-4-6-22(19)30-23/h3-13,27H,2H2,1H3. The molecule has 1 N–H and O–H groups in total. The molecule has 0 fully saturated rings. The van der Waals surface area contributed by atoms with Crippen molar-refractivity contribution in [3.05, 3.63) is 77.3 Å². The molecule has 30 heavy (non-hydrogen) atoms. The number of carbonyl (C=O) groups excluding carboxylic acids is 1. The van der Waals surface area contributed by atoms with E-state index in [1.807, 2.05) is 24.3 Å². The van der Waals surface area contributed by atoms with E-state index >= 15 is 0 Å². The SMILES string of the molecule is CCOC(=O)c1cc(-c2ccc3c(c2)Nc2ccccc2S3)nc2ccc(Cl)cc12. The van der Waals surface area contributed by atoms with Gasteiger partial charge in [0.15, 0.2) is 0 Å². The largest absolute Gasteiger partial charge is 0.462 e. The predicted octanol–water partition coefficient (Wildman–Crippen LogP) is 6.94. The molecular formula is C24H17ClN2O2S. The molecule has 4 nitrogen and oxygen atoms in total. The number of esters is 1. The summed E-state index contributed by atoms with van der Waals surface area (Å²) >= 11 is 7.89. The van der Waals surface area contributed by atoms with Gasteiger partial charge in [-0.1, -0.05) is 41.6 Å². The van der Waals surface area contributed by atoms with E-state index in [-0.39, 0.29) is 5.97 Å². The van der Waals surface area contributed by atoms with Gasteiger partial charge >= 0.3 is 5.97 Å². The molecule has 0 amide bonds. The zero-order valence-electron chi connectivity index (χ0n) is 16.1. The van der Waals surface area contributed by atoms with Crippen LogP contribution in [0.5, 0.6) is 0 Å². The van der Waals surface area contributed by atoms with E-state index in [4.69, 9.17) is 21.3 Å². The minimum absolute atomic E-state index is 0.304. The third-order valence-corrected chi connectivity index (χ3v) is 6.30. The lowest BCUT2D eigenvalue weighted by Gasteiger charge is -2.21. The molecule has 0 bridgehead atoms. The van der Waals surface area contributed by atoms with Gasteiger partial charge in [0.1, 0.15) is 0 Å². The van der Waals surface area contributed by atoms with E-state index < -0.39 is 0 Å². The first kappa shape index (κ1) is 19.0. The second kappa shape index (κ2) is 7.67. The van der Waals surface area contributed by atoms with Crippen LogP contribution in [0.4, 0.5) is 11.4 Å². The van der Waals surface area contributed by atoms with Crippen LogP contribution in [0.25, 0.3) is 22.2 Å². The van der Waals surface area contributed by atoms with E-state index in [0.717, 1.165) is 21.8 Å². The number of nitrogens with zero attached hydrogens (tertiary/aromatic N) is 1. The first-order chi connectivity index (χ1) is 14.6. The Kier molecular flexibility index (Phi) is 4.85. The highest BCUT2D eigenvalue weighted by molar-refractivity contribution is 7.99. The van der Waals surface area contributed by atoms with E-state index in [9.17, 15) is 4.79 Å². The first-order valence-electron chi connectivity index (χ1n) is 9.58. The van der Waals surface area contributed by atoms with Crippen LogP contribution in [0.1, 0.15) is 17.3 Å². The number of para-hydroxylation sites is 1. The van der Waals surface area contributed by atoms with Crippen LogP contribution >= 0.6 is 23.4 Å². The Morgan fingerprint density at radius 2 is 1.87 bits per heavy atom. The molecule has 5 rings (SSSR count). The maximum absolute atomic E-state index is 12.6. The fraction of sp³-hybridized carbons (Fsp3) is 0.0833. The molecule has 0 spiro atoms. The molecule has 1 aromatic heterocycles. The van der Waals surface area contributed by atoms with Gasteiger partial charge in [-0.25, -0.2) is 9.78 Å². The van der Waals surface area contributed by atoms with Gasteiger partial charge in [-0.05, 0) is 55.5 Å². The zero-order valence-corrected chi connectivity index (χ0v) is 17.7. The van der Waals surface area contributed by atoms with Crippen molar-refractivity contribution < 1.29 is 9.53 Å². The van der Waals surface area contributed by atoms with Gasteiger partial charge in [0, 0.05) is 25.8 Å². The summed E-state index contributed by atoms with van der Waals surface area (Å²) in [5, 5.41) is 4.73. The Bertz CT molecular complexity index is 1310. The van der Waals surface area contributed by atoms with E-state index in [0.29, 0.717) is 33.8 Å². The Labute approximate surface area is 183 Å². The number of carbonyl (C=O) groups is 1. The maximum Gasteiger partial charge on any atom is 0.338 e. The molecule has 148 valence electrons. The molecule has 0 atom stereocenters. The van der Waals surface area contributed by atoms with Gasteiger partial charge in [0.25, 0.3) is 0 Å². The third-order valence-electron chi connectivity index (χ3n) is 4.92. The van der Waals surface area contributed by atoms with Crippen LogP contribution in [-0.2, 0) is 4.74 Å². The minimum atomic E-state index is -0.381. The number of anilines is 2. The first-order valence-corrected chi connectivity index (χ1v) is 10.8. The molecular weight excluding hydrogens is 416 g/mol. The summed E-state index contributed by atoms with van der Waals surface area (Å²) in [6.07, 6.45) is 0. The lowest BCUT2D eigenvalue weighted by atomic mass is 10.0. The zero-order chi connectivity index (χ0) is 20.7. The van der Waals surface area contributed by atoms with E-state index in [1.165, 1.54) is 4.90 Å². The number of hydrogen-bond acceptors (Lipinski definition) is 5. The van der Waals surface area contributed by atoms with Crippen molar-refractivity contribution in [2.75, 3.05) is 11.9 Å². The molecule has 0 saturated carbocycles. The summed E-state index contributed by atoms with van der Waals surface area (Å²) in [5.74, 6) is -0.381. The average molecular weight is 433 g/mol. The average Bonchev–Trinajstić information content (AvgIpc) is 2.76. The number of halogens is 1. The van der Waals surface area contributed by atoms with Crippen LogP contribution in [0.15, 0.2) is 76.5 Å². The van der Waals surface area contributed by atoms with Gasteiger partial charge in [-0.3, -0.25) is 0 Å². The molecule has 1 aliphatic heterocycles. The third kappa shape index (κ3) is 3.40. The molecule has 3 aromatic carbocycles. The summed E-state index contributed by atoms with van der Waals surface area (Å²) in [6, 6.07) is 21.5. The summed E-state index contributed by atoms with van der Waals surface area (Å²) in [6.45, 7) is 2.10. The van der Waals surface area contributed by atoms with E-state index in [1.54, 1.807) is 36.9 Å². The lowest BCUT2D eigenvalue weighted by Crippen LogP contribution is -2.07. The van der Waals surface area contributed by atoms with Crippen molar-refractivity contribution in [3.8, 4) is 11.3 Å². The molecule has 2 heterocycles. The summed E-state index contributed by atoms with van der Waals surface area (Å²) in [4.78, 5) is 19.7. The fourth-order valence-electron chi connectivity index (χ4n) is 3.52. The van der Waals surface area contributed by atoms with Crippen molar-refractivity contribution in [1.29, 1.82) is 0 Å². The van der Waals surface area contributed by atoms with Crippen LogP contribution < -0.4 is 5.32 Å². The maximum atomic E-state index is 12.6. The highest BCUT2D eigenvalue weighted by atomic mass is 35.5. The Morgan fingerprint density at radius 1 is 1.03 bits per heavy atom. The summed E-state index contributed by atoms with van der Waals surface area (Å²) in [5.41, 5.74) is 4.90. The van der Waals surface area contributed by atoms with Gasteiger partial charge in [-0.15, -0.1) is 0 Å². The number of aromatic nitrogens is 1. The Morgan fingerprint density at radius 3 is 2.73 bits per heavy atom. The van der Waals surface area contributed by atoms with Crippen molar-refractivity contribution in [1.82, 2.24) is 4.98 Å². The Hall–Kier alpha value is -3.02. The smallest absolute Gasteiger partial charge is 0.338 e. The highest BCUT2D eigenvalue weighted by Gasteiger charge is 2.18. The fourth-order valence-corrected chi connectivity index (χ4v) is 4.66. The van der Waals surface area contributed by atoms with Gasteiger partial charge in [-0.2, -0.15) is 0 Å². The van der Waals surface area contributed by atoms with Crippen LogP contribution in [0.3, 0.4) is 0 Å². The van der Waals surface area contributed by atoms with Crippen LogP contribution in [-0.4, -0.2) is 17.6 Å². The van der Waals surface area contributed by atoms with Gasteiger partial charge < -0.3 is 10.1 Å². The molecule has 4 aromatic rings. The van der Waals surface area contributed by atoms with Crippen molar-refractivity contribution in [2.24, 2.45) is 0 Å². The lowest BCUT2D eigenvalue weighted by molar-refractivity contribution is 0.0528. The van der Waals surface area contributed by atoms with Crippen LogP contribution in [0, 0.1) is 0 Å². The second-order valence-corrected chi connectivity index (χ2v) is 8.39. The second-order valence-electron chi connectivity index (χ2n) is 6.87. The monoisotopic (exact) mass is 432 g/mol. The molecule has 0 radical (unpaired) electrons. The Balaban J connectivity index is 1.62. The number of pyridine rings is 1. The van der Waals surface area contributed by atoms with E-state index in [2.05, 4.69) is 29.6 Å². The van der Waals surface area contributed by atoms with Gasteiger partial charge in [0.2, 0.25) is 0 Å². The van der Waals surface area contributed by atoms with Crippen molar-refractivity contribution >= 4 is 51.6 Å². The number of hydrogen-bond donors (Lipinski definition) is 1. The number of benzene rings is 3. The number of ether oxygens (including phenoxy) is 1. The van der Waals surface area contributed by atoms with Crippen molar-refractivity contribution in [3.63, 3.8) is 0 Å². The molecule has 1 aliphatic rings. The molecule has 0 aliphatic carbocycles. The van der Waals surface area contributed by atoms with Gasteiger partial charge in [0.05, 0.1) is 34.8 Å².